The normalized spacial score (nSPS) is 14.4. The van der Waals surface area contributed by atoms with Gasteiger partial charge in [-0.15, -0.1) is 0 Å². The number of rotatable bonds is 11. The highest BCUT2D eigenvalue weighted by molar-refractivity contribution is 7.93. The van der Waals surface area contributed by atoms with Crippen molar-refractivity contribution < 1.29 is 27.3 Å². The molecular formula is C18H29O6PS. The summed E-state index contributed by atoms with van der Waals surface area (Å²) in [7, 11) is -9.64. The molecule has 0 spiro atoms. The Morgan fingerprint density at radius 3 is 2.15 bits per heavy atom. The van der Waals surface area contributed by atoms with Crippen LogP contribution in [0.5, 0.6) is 0 Å². The van der Waals surface area contributed by atoms with Crippen LogP contribution in [0.15, 0.2) is 35.9 Å². The predicted octanol–water partition coefficient (Wildman–Crippen LogP) is 4.08. The molecule has 148 valence electrons. The highest BCUT2D eigenvalue weighted by Crippen LogP contribution is 2.46. The van der Waals surface area contributed by atoms with Crippen molar-refractivity contribution in [3.8, 4) is 0 Å². The summed E-state index contributed by atoms with van der Waals surface area (Å²) in [6, 6.07) is 8.56. The molecule has 1 aromatic rings. The van der Waals surface area contributed by atoms with Gasteiger partial charge in [-0.3, -0.25) is 9.12 Å². The molecular weight excluding hydrogens is 375 g/mol. The van der Waals surface area contributed by atoms with E-state index in [0.717, 1.165) is 31.3 Å². The minimum absolute atomic E-state index is 0.272. The molecule has 1 aromatic carbocycles. The molecule has 0 saturated carbocycles. The Hall–Kier alpha value is -0.980. The summed E-state index contributed by atoms with van der Waals surface area (Å²) in [4.78, 5) is 16.0. The molecule has 6 nitrogen and oxygen atoms in total. The van der Waals surface area contributed by atoms with Crippen LogP contribution in [-0.4, -0.2) is 27.7 Å². The molecule has 26 heavy (non-hydrogen) atoms. The number of hydrogen-bond donors (Lipinski definition) is 3. The highest BCUT2D eigenvalue weighted by Gasteiger charge is 2.38. The van der Waals surface area contributed by atoms with Crippen LogP contribution in [0.3, 0.4) is 0 Å². The third kappa shape index (κ3) is 8.60. The van der Waals surface area contributed by atoms with Crippen LogP contribution in [-0.2, 0) is 27.5 Å². The second kappa shape index (κ2) is 10.4. The minimum Gasteiger partial charge on any atom is -0.323 e. The van der Waals surface area contributed by atoms with E-state index in [9.17, 15) is 13.0 Å². The zero-order valence-corrected chi connectivity index (χ0v) is 17.0. The van der Waals surface area contributed by atoms with Gasteiger partial charge in [0.05, 0.1) is 0 Å². The first-order chi connectivity index (χ1) is 12.0. The third-order valence-corrected chi connectivity index (χ3v) is 7.79. The summed E-state index contributed by atoms with van der Waals surface area (Å²) in [5.74, 6) is 0. The first-order valence-electron chi connectivity index (χ1n) is 8.79. The number of hydrogen-bond acceptors (Lipinski definition) is 3. The van der Waals surface area contributed by atoms with Gasteiger partial charge in [-0.05, 0) is 56.6 Å². The Bertz CT molecular complexity index is 733. The van der Waals surface area contributed by atoms with Crippen LogP contribution in [0.4, 0.5) is 0 Å². The molecule has 0 aliphatic heterocycles. The maximum atomic E-state index is 11.2. The second-order valence-corrected chi connectivity index (χ2v) is 10.4. The molecule has 0 aliphatic rings. The molecule has 0 amide bonds. The zero-order chi connectivity index (χ0) is 19.8. The van der Waals surface area contributed by atoms with Gasteiger partial charge >= 0.3 is 7.60 Å². The number of unbranched alkanes of at least 4 members (excludes halogenated alkanes) is 1. The monoisotopic (exact) mass is 404 g/mol. The summed E-state index contributed by atoms with van der Waals surface area (Å²) in [5.41, 5.74) is 3.73. The van der Waals surface area contributed by atoms with E-state index in [1.54, 1.807) is 0 Å². The second-order valence-electron chi connectivity index (χ2n) is 6.61. The van der Waals surface area contributed by atoms with Gasteiger partial charge in [0.2, 0.25) is 0 Å². The van der Waals surface area contributed by atoms with E-state index >= 15 is 0 Å². The topological polar surface area (TPSA) is 112 Å². The van der Waals surface area contributed by atoms with Crippen molar-refractivity contribution >= 4 is 17.7 Å². The standard InChI is InChI=1S/C18H29O6PS/c1-3-6-16-11-13-17(14-12-16)10-9-15(2)7-4-5-8-18(25(19,20)21)26(22,23)24/h7,11-14,18H,3-6,8-10H2,1-2H3,(H2,19,20,21)(H,22,23,24). The van der Waals surface area contributed by atoms with Crippen LogP contribution in [0, 0.1) is 0 Å². The van der Waals surface area contributed by atoms with Crippen molar-refractivity contribution in [2.24, 2.45) is 0 Å². The highest BCUT2D eigenvalue weighted by atomic mass is 32.2. The molecule has 0 fully saturated rings. The lowest BCUT2D eigenvalue weighted by atomic mass is 10.0. The van der Waals surface area contributed by atoms with Crippen molar-refractivity contribution in [3.63, 3.8) is 0 Å². The molecule has 0 aliphatic carbocycles. The number of aryl methyl sites for hydroxylation is 2. The molecule has 1 rings (SSSR count). The predicted molar refractivity (Wildman–Crippen MR) is 104 cm³/mol. The lowest BCUT2D eigenvalue weighted by Crippen LogP contribution is -2.20. The van der Waals surface area contributed by atoms with E-state index in [0.29, 0.717) is 6.42 Å². The molecule has 8 heteroatoms. The Labute approximate surface area is 156 Å². The average Bonchev–Trinajstić information content (AvgIpc) is 2.51. The van der Waals surface area contributed by atoms with E-state index in [1.807, 2.05) is 13.0 Å². The van der Waals surface area contributed by atoms with E-state index in [2.05, 4.69) is 31.2 Å². The SMILES string of the molecule is CCCc1ccc(CCC(C)=CCCCC(P(=O)(O)O)S(=O)(=O)O)cc1. The zero-order valence-electron chi connectivity index (χ0n) is 15.3. The average molecular weight is 404 g/mol. The molecule has 0 saturated heterocycles. The first kappa shape index (κ1) is 23.1. The largest absolute Gasteiger partial charge is 0.346 e. The van der Waals surface area contributed by atoms with Gasteiger partial charge in [-0.2, -0.15) is 8.42 Å². The molecule has 0 heterocycles. The molecule has 1 unspecified atom stereocenters. The molecule has 0 bridgehead atoms. The Morgan fingerprint density at radius 1 is 1.15 bits per heavy atom. The fraction of sp³-hybridized carbons (Fsp3) is 0.556. The summed E-state index contributed by atoms with van der Waals surface area (Å²) < 4.78 is 42.3. The van der Waals surface area contributed by atoms with Gasteiger partial charge < -0.3 is 9.79 Å². The van der Waals surface area contributed by atoms with Crippen molar-refractivity contribution in [1.82, 2.24) is 0 Å². The van der Waals surface area contributed by atoms with Crippen LogP contribution in [0.2, 0.25) is 0 Å². The van der Waals surface area contributed by atoms with Gasteiger partial charge in [0, 0.05) is 0 Å². The van der Waals surface area contributed by atoms with E-state index in [-0.39, 0.29) is 12.8 Å². The summed E-state index contributed by atoms with van der Waals surface area (Å²) in [5, 5.41) is 0. The van der Waals surface area contributed by atoms with Crippen LogP contribution < -0.4 is 0 Å². The number of allylic oxidation sites excluding steroid dienone is 2. The fourth-order valence-electron chi connectivity index (χ4n) is 2.74. The van der Waals surface area contributed by atoms with Crippen molar-refractivity contribution in [2.75, 3.05) is 0 Å². The Kier molecular flexibility index (Phi) is 9.21. The lowest BCUT2D eigenvalue weighted by molar-refractivity contribution is 0.360. The molecule has 1 atom stereocenters. The Morgan fingerprint density at radius 2 is 1.69 bits per heavy atom. The van der Waals surface area contributed by atoms with Crippen LogP contribution in [0.1, 0.15) is 57.1 Å². The quantitative estimate of drug-likeness (QED) is 0.222. The fourth-order valence-corrected chi connectivity index (χ4v) is 5.11. The van der Waals surface area contributed by atoms with E-state index in [4.69, 9.17) is 14.3 Å². The van der Waals surface area contributed by atoms with Crippen molar-refractivity contribution in [3.05, 3.63) is 47.0 Å². The minimum atomic E-state index is -4.88. The van der Waals surface area contributed by atoms with Gasteiger partial charge in [0.1, 0.15) is 0 Å². The van der Waals surface area contributed by atoms with Gasteiger partial charge in [-0.25, -0.2) is 0 Å². The Balaban J connectivity index is 2.45. The maximum Gasteiger partial charge on any atom is 0.346 e. The summed E-state index contributed by atoms with van der Waals surface area (Å²) in [6.07, 6.45) is 6.45. The molecule has 0 radical (unpaired) electrons. The maximum absolute atomic E-state index is 11.2. The molecule has 3 N–H and O–H groups in total. The van der Waals surface area contributed by atoms with Crippen LogP contribution in [0.25, 0.3) is 0 Å². The van der Waals surface area contributed by atoms with Crippen molar-refractivity contribution in [1.29, 1.82) is 0 Å². The smallest absolute Gasteiger partial charge is 0.323 e. The number of benzene rings is 1. The van der Waals surface area contributed by atoms with E-state index < -0.39 is 22.7 Å². The van der Waals surface area contributed by atoms with Gasteiger partial charge in [0.25, 0.3) is 10.1 Å². The van der Waals surface area contributed by atoms with Gasteiger partial charge in [0.15, 0.2) is 4.99 Å². The lowest BCUT2D eigenvalue weighted by Gasteiger charge is -2.14. The van der Waals surface area contributed by atoms with E-state index in [1.165, 1.54) is 11.1 Å². The van der Waals surface area contributed by atoms with Gasteiger partial charge in [-0.1, -0.05) is 49.3 Å². The summed E-state index contributed by atoms with van der Waals surface area (Å²) in [6.45, 7) is 4.13. The van der Waals surface area contributed by atoms with Crippen molar-refractivity contribution in [2.45, 2.75) is 63.8 Å². The molecule has 0 aromatic heterocycles. The third-order valence-electron chi connectivity index (χ3n) is 4.24. The van der Waals surface area contributed by atoms with Crippen LogP contribution >= 0.6 is 7.60 Å². The summed E-state index contributed by atoms with van der Waals surface area (Å²) >= 11 is 0. The first-order valence-corrected chi connectivity index (χ1v) is 12.0.